The summed E-state index contributed by atoms with van der Waals surface area (Å²) in [5, 5.41) is 2.72. The highest BCUT2D eigenvalue weighted by atomic mass is 32.1. The van der Waals surface area contributed by atoms with Crippen LogP contribution in [0.3, 0.4) is 0 Å². The zero-order valence-electron chi connectivity index (χ0n) is 9.82. The lowest BCUT2D eigenvalue weighted by Crippen LogP contribution is -2.13. The monoisotopic (exact) mass is 275 g/mol. The minimum atomic E-state index is -4.37. The van der Waals surface area contributed by atoms with Crippen LogP contribution in [0.15, 0.2) is 29.3 Å². The Morgan fingerprint density at radius 1 is 1.39 bits per heavy atom. The summed E-state index contributed by atoms with van der Waals surface area (Å²) in [6, 6.07) is 4.78. The number of rotatable bonds is 2. The third kappa shape index (κ3) is 4.70. The molecular formula is C11H12F3N3S. The second-order valence-electron chi connectivity index (χ2n) is 3.72. The Balaban J connectivity index is 2.77. The lowest BCUT2D eigenvalue weighted by atomic mass is 10.2. The molecule has 1 aromatic rings. The lowest BCUT2D eigenvalue weighted by Gasteiger charge is -2.09. The molecule has 18 heavy (non-hydrogen) atoms. The summed E-state index contributed by atoms with van der Waals surface area (Å²) < 4.78 is 37.4. The van der Waals surface area contributed by atoms with E-state index in [2.05, 4.69) is 10.3 Å². The molecule has 0 saturated heterocycles. The van der Waals surface area contributed by atoms with Gasteiger partial charge in [-0.05, 0) is 30.4 Å². The van der Waals surface area contributed by atoms with Crippen LogP contribution >= 0.6 is 12.2 Å². The fraction of sp³-hybridized carbons (Fsp3) is 0.273. The van der Waals surface area contributed by atoms with E-state index in [-0.39, 0.29) is 10.8 Å². The van der Waals surface area contributed by atoms with Crippen molar-refractivity contribution in [1.29, 1.82) is 0 Å². The first kappa shape index (κ1) is 14.4. The van der Waals surface area contributed by atoms with Crippen LogP contribution in [0.4, 0.5) is 18.9 Å². The minimum absolute atomic E-state index is 0.100. The maximum atomic E-state index is 12.5. The highest BCUT2D eigenvalue weighted by molar-refractivity contribution is 7.80. The van der Waals surface area contributed by atoms with Gasteiger partial charge in [0.15, 0.2) is 5.11 Å². The van der Waals surface area contributed by atoms with Gasteiger partial charge in [-0.3, -0.25) is 0 Å². The first-order valence-electron chi connectivity index (χ1n) is 4.98. The van der Waals surface area contributed by atoms with E-state index in [1.807, 2.05) is 0 Å². The van der Waals surface area contributed by atoms with Gasteiger partial charge in [-0.1, -0.05) is 6.07 Å². The van der Waals surface area contributed by atoms with Gasteiger partial charge in [0.1, 0.15) is 0 Å². The number of nitrogens with zero attached hydrogens (tertiary/aromatic N) is 2. The Morgan fingerprint density at radius 2 is 2.06 bits per heavy atom. The Morgan fingerprint density at radius 3 is 2.61 bits per heavy atom. The van der Waals surface area contributed by atoms with E-state index in [0.29, 0.717) is 0 Å². The second-order valence-corrected chi connectivity index (χ2v) is 4.10. The van der Waals surface area contributed by atoms with Gasteiger partial charge < -0.3 is 10.2 Å². The largest absolute Gasteiger partial charge is 0.416 e. The van der Waals surface area contributed by atoms with Crippen molar-refractivity contribution in [3.63, 3.8) is 0 Å². The molecule has 0 aliphatic rings. The van der Waals surface area contributed by atoms with Crippen LogP contribution in [-0.4, -0.2) is 30.4 Å². The summed E-state index contributed by atoms with van der Waals surface area (Å²) >= 11 is 4.87. The summed E-state index contributed by atoms with van der Waals surface area (Å²) in [5.74, 6) is 0. The predicted octanol–water partition coefficient (Wildman–Crippen LogP) is 2.99. The van der Waals surface area contributed by atoms with E-state index in [4.69, 9.17) is 12.2 Å². The van der Waals surface area contributed by atoms with E-state index in [1.165, 1.54) is 18.5 Å². The number of aliphatic imine (C=N–C) groups is 1. The van der Waals surface area contributed by atoms with Crippen LogP contribution in [-0.2, 0) is 6.18 Å². The standard InChI is InChI=1S/C11H12F3N3S/c1-17(2)7-15-10(18)16-9-5-3-4-8(6-9)11(12,13)14/h3-7H,1-2H3,(H,16,18)/b15-7+. The van der Waals surface area contributed by atoms with Crippen molar-refractivity contribution in [3.05, 3.63) is 29.8 Å². The molecule has 0 aliphatic carbocycles. The van der Waals surface area contributed by atoms with E-state index in [1.54, 1.807) is 19.0 Å². The first-order chi connectivity index (χ1) is 8.29. The first-order valence-corrected chi connectivity index (χ1v) is 5.39. The van der Waals surface area contributed by atoms with Crippen molar-refractivity contribution in [2.45, 2.75) is 6.18 Å². The van der Waals surface area contributed by atoms with E-state index in [0.717, 1.165) is 12.1 Å². The molecule has 3 nitrogen and oxygen atoms in total. The molecule has 0 heterocycles. The van der Waals surface area contributed by atoms with Crippen LogP contribution < -0.4 is 5.32 Å². The molecule has 1 rings (SSSR count). The highest BCUT2D eigenvalue weighted by Gasteiger charge is 2.30. The average Bonchev–Trinajstić information content (AvgIpc) is 2.25. The van der Waals surface area contributed by atoms with E-state index in [9.17, 15) is 13.2 Å². The number of hydrogen-bond donors (Lipinski definition) is 1. The third-order valence-corrected chi connectivity index (χ3v) is 2.05. The normalized spacial score (nSPS) is 11.6. The number of nitrogens with one attached hydrogen (secondary N) is 1. The molecule has 0 saturated carbocycles. The molecule has 98 valence electrons. The molecule has 7 heteroatoms. The Hall–Kier alpha value is -1.63. The molecule has 1 aromatic carbocycles. The molecule has 0 amide bonds. The van der Waals surface area contributed by atoms with Gasteiger partial charge >= 0.3 is 6.18 Å². The maximum Gasteiger partial charge on any atom is 0.416 e. The van der Waals surface area contributed by atoms with Gasteiger partial charge in [-0.15, -0.1) is 0 Å². The number of thiocarbonyl (C=S) groups is 1. The summed E-state index contributed by atoms with van der Waals surface area (Å²) in [4.78, 5) is 5.52. The van der Waals surface area contributed by atoms with Gasteiger partial charge in [0, 0.05) is 19.8 Å². The second kappa shape index (κ2) is 5.81. The molecule has 1 N–H and O–H groups in total. The van der Waals surface area contributed by atoms with Crippen molar-refractivity contribution >= 4 is 29.4 Å². The fourth-order valence-electron chi connectivity index (χ4n) is 1.10. The third-order valence-electron chi connectivity index (χ3n) is 1.85. The lowest BCUT2D eigenvalue weighted by molar-refractivity contribution is -0.137. The van der Waals surface area contributed by atoms with Gasteiger partial charge in [-0.25, -0.2) is 4.99 Å². The molecule has 0 bridgehead atoms. The van der Waals surface area contributed by atoms with Gasteiger partial charge in [0.2, 0.25) is 0 Å². The van der Waals surface area contributed by atoms with E-state index < -0.39 is 11.7 Å². The molecule has 0 aliphatic heterocycles. The number of benzene rings is 1. The smallest absolute Gasteiger partial charge is 0.369 e. The summed E-state index contributed by atoms with van der Waals surface area (Å²) in [5.41, 5.74) is -0.474. The van der Waals surface area contributed by atoms with Crippen molar-refractivity contribution < 1.29 is 13.2 Å². The van der Waals surface area contributed by atoms with Crippen LogP contribution in [0.25, 0.3) is 0 Å². The van der Waals surface area contributed by atoms with E-state index >= 15 is 0 Å². The van der Waals surface area contributed by atoms with Gasteiger partial charge in [0.05, 0.1) is 11.9 Å². The topological polar surface area (TPSA) is 27.6 Å². The number of anilines is 1. The van der Waals surface area contributed by atoms with Crippen molar-refractivity contribution in [2.75, 3.05) is 19.4 Å². The maximum absolute atomic E-state index is 12.5. The van der Waals surface area contributed by atoms with Crippen molar-refractivity contribution in [2.24, 2.45) is 4.99 Å². The number of hydrogen-bond acceptors (Lipinski definition) is 1. The Bertz CT molecular complexity index is 455. The molecule has 0 unspecified atom stereocenters. The summed E-state index contributed by atoms with van der Waals surface area (Å²) in [6.45, 7) is 0. The summed E-state index contributed by atoms with van der Waals surface area (Å²) in [6.07, 6.45) is -2.91. The van der Waals surface area contributed by atoms with Crippen LogP contribution in [0.1, 0.15) is 5.56 Å². The molecule has 0 aromatic heterocycles. The highest BCUT2D eigenvalue weighted by Crippen LogP contribution is 2.30. The Labute approximate surface area is 108 Å². The van der Waals surface area contributed by atoms with Gasteiger partial charge in [0.25, 0.3) is 0 Å². The minimum Gasteiger partial charge on any atom is -0.369 e. The number of alkyl halides is 3. The number of halogens is 3. The fourth-order valence-corrected chi connectivity index (χ4v) is 1.26. The van der Waals surface area contributed by atoms with Crippen molar-refractivity contribution in [1.82, 2.24) is 4.90 Å². The molecular weight excluding hydrogens is 263 g/mol. The molecule has 0 spiro atoms. The predicted molar refractivity (Wildman–Crippen MR) is 69.8 cm³/mol. The molecule has 0 radical (unpaired) electrons. The van der Waals surface area contributed by atoms with Crippen LogP contribution in [0.2, 0.25) is 0 Å². The Kier molecular flexibility index (Phi) is 4.66. The zero-order chi connectivity index (χ0) is 13.8. The van der Waals surface area contributed by atoms with Crippen LogP contribution in [0, 0.1) is 0 Å². The molecule has 0 fully saturated rings. The SMILES string of the molecule is CN(C)/C=N/C(=S)Nc1cccc(C(F)(F)F)c1. The van der Waals surface area contributed by atoms with Gasteiger partial charge in [-0.2, -0.15) is 13.2 Å². The molecule has 0 atom stereocenters. The zero-order valence-corrected chi connectivity index (χ0v) is 10.6. The quantitative estimate of drug-likeness (QED) is 0.511. The summed E-state index contributed by atoms with van der Waals surface area (Å²) in [7, 11) is 3.52. The van der Waals surface area contributed by atoms with Crippen LogP contribution in [0.5, 0.6) is 0 Å². The van der Waals surface area contributed by atoms with Crippen molar-refractivity contribution in [3.8, 4) is 0 Å². The average molecular weight is 275 g/mol.